The van der Waals surface area contributed by atoms with Gasteiger partial charge < -0.3 is 9.73 Å². The Morgan fingerprint density at radius 1 is 1.03 bits per heavy atom. The second-order valence-electron chi connectivity index (χ2n) is 7.44. The number of amides is 1. The minimum Gasteiger partial charge on any atom is -0.467 e. The smallest absolute Gasteiger partial charge is 0.234 e. The Labute approximate surface area is 185 Å². The number of nitrogens with one attached hydrogen (secondary N) is 1. The van der Waals surface area contributed by atoms with Crippen molar-refractivity contribution in [2.24, 2.45) is 0 Å². The molecule has 0 unspecified atom stereocenters. The number of hydrogen-bond acceptors (Lipinski definition) is 5. The van der Waals surface area contributed by atoms with Gasteiger partial charge in [0.2, 0.25) is 5.91 Å². The summed E-state index contributed by atoms with van der Waals surface area (Å²) in [5, 5.41) is 12.5. The Morgan fingerprint density at radius 3 is 2.52 bits per heavy atom. The van der Waals surface area contributed by atoms with Gasteiger partial charge in [0.1, 0.15) is 5.76 Å². The largest absolute Gasteiger partial charge is 0.467 e. The van der Waals surface area contributed by atoms with Crippen molar-refractivity contribution < 1.29 is 9.21 Å². The summed E-state index contributed by atoms with van der Waals surface area (Å²) in [5.41, 5.74) is 5.07. The second-order valence-corrected chi connectivity index (χ2v) is 8.39. The number of nitrogens with zero attached hydrogens (tertiary/aromatic N) is 3. The van der Waals surface area contributed by atoms with E-state index in [1.165, 1.54) is 11.8 Å². The zero-order chi connectivity index (χ0) is 21.8. The molecule has 0 spiro atoms. The summed E-state index contributed by atoms with van der Waals surface area (Å²) in [5.74, 6) is 1.71. The molecule has 0 bridgehead atoms. The lowest BCUT2D eigenvalue weighted by atomic mass is 10.1. The van der Waals surface area contributed by atoms with Gasteiger partial charge in [0, 0.05) is 11.3 Å². The van der Waals surface area contributed by atoms with E-state index in [4.69, 9.17) is 4.42 Å². The van der Waals surface area contributed by atoms with Gasteiger partial charge in [0.05, 0.1) is 18.6 Å². The SMILES string of the molecule is Cc1cccc(-c2nnc(SCC(=O)Nc3c(C)cccc3C)n2Cc2ccco2)c1. The van der Waals surface area contributed by atoms with Crippen molar-refractivity contribution in [1.29, 1.82) is 0 Å². The van der Waals surface area contributed by atoms with Crippen LogP contribution in [0, 0.1) is 20.8 Å². The molecule has 0 radical (unpaired) electrons. The van der Waals surface area contributed by atoms with Crippen molar-refractivity contribution in [3.8, 4) is 11.4 Å². The van der Waals surface area contributed by atoms with E-state index in [1.807, 2.05) is 73.9 Å². The van der Waals surface area contributed by atoms with Crippen molar-refractivity contribution in [3.63, 3.8) is 0 Å². The third-order valence-electron chi connectivity index (χ3n) is 4.97. The molecule has 0 fully saturated rings. The molecule has 0 aliphatic heterocycles. The van der Waals surface area contributed by atoms with Crippen LogP contribution in [0.5, 0.6) is 0 Å². The Morgan fingerprint density at radius 2 is 1.81 bits per heavy atom. The number of para-hydroxylation sites is 1. The molecule has 2 heterocycles. The molecule has 0 aliphatic rings. The average molecular weight is 433 g/mol. The van der Waals surface area contributed by atoms with Gasteiger partial charge in [0.15, 0.2) is 11.0 Å². The van der Waals surface area contributed by atoms with Crippen LogP contribution in [0.4, 0.5) is 5.69 Å². The fraction of sp³-hybridized carbons (Fsp3) is 0.208. The second kappa shape index (κ2) is 9.22. The van der Waals surface area contributed by atoms with E-state index in [1.54, 1.807) is 6.26 Å². The highest BCUT2D eigenvalue weighted by atomic mass is 32.2. The summed E-state index contributed by atoms with van der Waals surface area (Å²) in [6.07, 6.45) is 1.65. The van der Waals surface area contributed by atoms with Gasteiger partial charge in [-0.3, -0.25) is 9.36 Å². The molecule has 7 heteroatoms. The maximum absolute atomic E-state index is 12.6. The van der Waals surface area contributed by atoms with Gasteiger partial charge in [-0.25, -0.2) is 0 Å². The van der Waals surface area contributed by atoms with Gasteiger partial charge in [-0.1, -0.05) is 53.7 Å². The molecule has 0 saturated heterocycles. The molecular weight excluding hydrogens is 408 g/mol. The van der Waals surface area contributed by atoms with E-state index >= 15 is 0 Å². The fourth-order valence-corrected chi connectivity index (χ4v) is 4.15. The van der Waals surface area contributed by atoms with E-state index in [-0.39, 0.29) is 11.7 Å². The Hall–Kier alpha value is -3.32. The van der Waals surface area contributed by atoms with Gasteiger partial charge in [-0.15, -0.1) is 10.2 Å². The molecule has 31 heavy (non-hydrogen) atoms. The standard InChI is InChI=1S/C24H24N4O2S/c1-16-7-4-10-19(13-16)23-26-27-24(28(23)14-20-11-6-12-30-20)31-15-21(29)25-22-17(2)8-5-9-18(22)3/h4-13H,14-15H2,1-3H3,(H,25,29). The summed E-state index contributed by atoms with van der Waals surface area (Å²) < 4.78 is 7.53. The molecular formula is C24H24N4O2S. The van der Waals surface area contributed by atoms with Crippen LogP contribution in [0.25, 0.3) is 11.4 Å². The number of furan rings is 1. The molecule has 1 N–H and O–H groups in total. The molecule has 0 saturated carbocycles. The molecule has 6 nitrogen and oxygen atoms in total. The maximum atomic E-state index is 12.6. The number of carbonyl (C=O) groups excluding carboxylic acids is 1. The molecule has 1 amide bonds. The van der Waals surface area contributed by atoms with E-state index in [9.17, 15) is 4.79 Å². The third kappa shape index (κ3) is 4.88. The van der Waals surface area contributed by atoms with E-state index in [0.29, 0.717) is 11.7 Å². The molecule has 0 aliphatic carbocycles. The summed E-state index contributed by atoms with van der Waals surface area (Å²) in [6, 6.07) is 17.9. The monoisotopic (exact) mass is 432 g/mol. The zero-order valence-electron chi connectivity index (χ0n) is 17.8. The fourth-order valence-electron chi connectivity index (χ4n) is 3.41. The van der Waals surface area contributed by atoms with Crippen LogP contribution < -0.4 is 5.32 Å². The van der Waals surface area contributed by atoms with E-state index in [2.05, 4.69) is 21.6 Å². The average Bonchev–Trinajstić information content (AvgIpc) is 3.40. The van der Waals surface area contributed by atoms with Gasteiger partial charge >= 0.3 is 0 Å². The number of rotatable bonds is 7. The molecule has 2 aromatic heterocycles. The molecule has 158 valence electrons. The molecule has 2 aromatic carbocycles. The summed E-state index contributed by atoms with van der Waals surface area (Å²) in [6.45, 7) is 6.52. The van der Waals surface area contributed by atoms with Crippen LogP contribution >= 0.6 is 11.8 Å². The number of hydrogen-bond donors (Lipinski definition) is 1. The molecule has 4 aromatic rings. The highest BCUT2D eigenvalue weighted by Crippen LogP contribution is 2.26. The molecule has 4 rings (SSSR count). The van der Waals surface area contributed by atoms with Crippen LogP contribution in [0.3, 0.4) is 0 Å². The van der Waals surface area contributed by atoms with Crippen molar-refractivity contribution in [3.05, 3.63) is 83.3 Å². The lowest BCUT2D eigenvalue weighted by molar-refractivity contribution is -0.113. The van der Waals surface area contributed by atoms with Crippen LogP contribution in [0.15, 0.2) is 70.4 Å². The lowest BCUT2D eigenvalue weighted by Crippen LogP contribution is -2.16. The van der Waals surface area contributed by atoms with Crippen molar-refractivity contribution >= 4 is 23.4 Å². The van der Waals surface area contributed by atoms with Crippen molar-refractivity contribution in [1.82, 2.24) is 14.8 Å². The first-order valence-corrected chi connectivity index (χ1v) is 11.0. The van der Waals surface area contributed by atoms with E-state index in [0.717, 1.165) is 39.5 Å². The van der Waals surface area contributed by atoms with Gasteiger partial charge in [0.25, 0.3) is 0 Å². The zero-order valence-corrected chi connectivity index (χ0v) is 18.6. The highest BCUT2D eigenvalue weighted by Gasteiger charge is 2.17. The first-order valence-electron chi connectivity index (χ1n) is 10.0. The Bertz CT molecular complexity index is 1180. The van der Waals surface area contributed by atoms with Crippen LogP contribution in [0.1, 0.15) is 22.5 Å². The van der Waals surface area contributed by atoms with Crippen molar-refractivity contribution in [2.75, 3.05) is 11.1 Å². The lowest BCUT2D eigenvalue weighted by Gasteiger charge is -2.12. The maximum Gasteiger partial charge on any atom is 0.234 e. The number of aryl methyl sites for hydroxylation is 3. The predicted octanol–water partition coefficient (Wildman–Crippen LogP) is 5.24. The first-order chi connectivity index (χ1) is 15.0. The summed E-state index contributed by atoms with van der Waals surface area (Å²) in [4.78, 5) is 12.6. The first kappa shape index (κ1) is 20.9. The number of carbonyl (C=O) groups is 1. The van der Waals surface area contributed by atoms with Gasteiger partial charge in [-0.05, 0) is 50.1 Å². The van der Waals surface area contributed by atoms with Crippen molar-refractivity contribution in [2.45, 2.75) is 32.5 Å². The summed E-state index contributed by atoms with van der Waals surface area (Å²) >= 11 is 1.36. The van der Waals surface area contributed by atoms with Gasteiger partial charge in [-0.2, -0.15) is 0 Å². The number of anilines is 1. The Balaban J connectivity index is 1.55. The minimum atomic E-state index is -0.0768. The summed E-state index contributed by atoms with van der Waals surface area (Å²) in [7, 11) is 0. The topological polar surface area (TPSA) is 73.0 Å². The van der Waals surface area contributed by atoms with Crippen LogP contribution in [-0.2, 0) is 11.3 Å². The predicted molar refractivity (Wildman–Crippen MR) is 123 cm³/mol. The third-order valence-corrected chi connectivity index (χ3v) is 5.93. The van der Waals surface area contributed by atoms with Crippen LogP contribution in [-0.4, -0.2) is 26.4 Å². The number of thioether (sulfide) groups is 1. The minimum absolute atomic E-state index is 0.0768. The number of aromatic nitrogens is 3. The Kier molecular flexibility index (Phi) is 6.23. The number of benzene rings is 2. The molecule has 0 atom stereocenters. The van der Waals surface area contributed by atoms with Crippen LogP contribution in [0.2, 0.25) is 0 Å². The normalized spacial score (nSPS) is 10.9. The quantitative estimate of drug-likeness (QED) is 0.404. The highest BCUT2D eigenvalue weighted by molar-refractivity contribution is 7.99. The van der Waals surface area contributed by atoms with E-state index < -0.39 is 0 Å².